The molecule has 1 aromatic heterocycles. The Balaban J connectivity index is 1.95. The maximum atomic E-state index is 4.40. The number of nitrogens with zero attached hydrogens (tertiary/aromatic N) is 1. The molecule has 1 N–H and O–H groups in total. The minimum atomic E-state index is 0.449. The summed E-state index contributed by atoms with van der Waals surface area (Å²) in [5.41, 5.74) is 2.95. The molecule has 1 saturated carbocycles. The predicted molar refractivity (Wildman–Crippen MR) is 80.1 cm³/mol. The van der Waals surface area contributed by atoms with Gasteiger partial charge in [-0.15, -0.1) is 0 Å². The summed E-state index contributed by atoms with van der Waals surface area (Å²) in [6.45, 7) is 5.71. The monoisotopic (exact) mass is 254 g/mol. The van der Waals surface area contributed by atoms with Crippen molar-refractivity contribution >= 4 is 10.9 Å². The van der Waals surface area contributed by atoms with E-state index in [2.05, 4.69) is 48.4 Å². The van der Waals surface area contributed by atoms with Gasteiger partial charge in [0.1, 0.15) is 0 Å². The summed E-state index contributed by atoms with van der Waals surface area (Å²) >= 11 is 0. The van der Waals surface area contributed by atoms with Gasteiger partial charge in [-0.05, 0) is 55.0 Å². The number of pyridine rings is 1. The molecule has 1 heterocycles. The average molecular weight is 254 g/mol. The summed E-state index contributed by atoms with van der Waals surface area (Å²) in [6, 6.07) is 11.3. The van der Waals surface area contributed by atoms with Crippen LogP contribution < -0.4 is 5.32 Å². The van der Waals surface area contributed by atoms with Crippen LogP contribution in [-0.2, 0) is 0 Å². The smallest absolute Gasteiger partial charge is 0.0702 e. The number of hydrogen-bond acceptors (Lipinski definition) is 2. The van der Waals surface area contributed by atoms with Crippen molar-refractivity contribution < 1.29 is 0 Å². The molecule has 2 heteroatoms. The largest absolute Gasteiger partial charge is 0.309 e. The zero-order chi connectivity index (χ0) is 13.3. The van der Waals surface area contributed by atoms with Crippen molar-refractivity contribution in [1.82, 2.24) is 10.3 Å². The highest BCUT2D eigenvalue weighted by molar-refractivity contribution is 5.79. The average Bonchev–Trinajstić information content (AvgIpc) is 3.18. The molecule has 0 amide bonds. The first-order valence-electron chi connectivity index (χ1n) is 7.31. The lowest BCUT2D eigenvalue weighted by molar-refractivity contribution is 0.367. The van der Waals surface area contributed by atoms with Crippen molar-refractivity contribution in [1.29, 1.82) is 0 Å². The van der Waals surface area contributed by atoms with Gasteiger partial charge in [-0.1, -0.05) is 26.0 Å². The van der Waals surface area contributed by atoms with Gasteiger partial charge in [0.15, 0.2) is 0 Å². The van der Waals surface area contributed by atoms with Gasteiger partial charge in [-0.3, -0.25) is 4.98 Å². The van der Waals surface area contributed by atoms with Gasteiger partial charge < -0.3 is 5.32 Å². The Morgan fingerprint density at radius 1 is 1.32 bits per heavy atom. The molecule has 1 aliphatic carbocycles. The number of benzene rings is 1. The molecular formula is C17H22N2. The minimum absolute atomic E-state index is 0.449. The van der Waals surface area contributed by atoms with E-state index in [4.69, 9.17) is 0 Å². The molecule has 2 nitrogen and oxygen atoms in total. The van der Waals surface area contributed by atoms with Crippen LogP contribution in [0.3, 0.4) is 0 Å². The van der Waals surface area contributed by atoms with E-state index in [-0.39, 0.29) is 0 Å². The van der Waals surface area contributed by atoms with E-state index >= 15 is 0 Å². The van der Waals surface area contributed by atoms with Crippen LogP contribution in [0.15, 0.2) is 36.5 Å². The highest BCUT2D eigenvalue weighted by Gasteiger charge is 2.45. The molecule has 1 aromatic carbocycles. The first-order valence-corrected chi connectivity index (χ1v) is 7.31. The fourth-order valence-corrected chi connectivity index (χ4v) is 2.81. The SMILES string of the molecule is CCCNC(c1ccc2ncccc2c1)C1(C)CC1. The Bertz CT molecular complexity index is 572. The standard InChI is InChI=1S/C17H22N2/c1-3-10-19-16(17(2)8-9-17)14-6-7-15-13(12-14)5-4-11-18-15/h4-7,11-12,16,19H,3,8-10H2,1-2H3. The van der Waals surface area contributed by atoms with E-state index in [9.17, 15) is 0 Å². The van der Waals surface area contributed by atoms with Crippen LogP contribution in [0.5, 0.6) is 0 Å². The second kappa shape index (κ2) is 4.93. The Morgan fingerprint density at radius 3 is 2.89 bits per heavy atom. The van der Waals surface area contributed by atoms with Crippen LogP contribution in [0.2, 0.25) is 0 Å². The summed E-state index contributed by atoms with van der Waals surface area (Å²) in [5, 5.41) is 4.98. The van der Waals surface area contributed by atoms with E-state index in [1.165, 1.54) is 30.2 Å². The van der Waals surface area contributed by atoms with Crippen molar-refractivity contribution in [2.24, 2.45) is 5.41 Å². The molecule has 2 aromatic rings. The molecule has 100 valence electrons. The Morgan fingerprint density at radius 2 is 2.16 bits per heavy atom. The molecule has 0 spiro atoms. The third-order valence-corrected chi connectivity index (χ3v) is 4.29. The molecular weight excluding hydrogens is 232 g/mol. The molecule has 1 fully saturated rings. The predicted octanol–water partition coefficient (Wildman–Crippen LogP) is 4.08. The van der Waals surface area contributed by atoms with Gasteiger partial charge in [-0.25, -0.2) is 0 Å². The fraction of sp³-hybridized carbons (Fsp3) is 0.471. The van der Waals surface area contributed by atoms with Crippen LogP contribution in [0.25, 0.3) is 10.9 Å². The van der Waals surface area contributed by atoms with E-state index in [1.54, 1.807) is 0 Å². The highest BCUT2D eigenvalue weighted by Crippen LogP contribution is 2.54. The lowest BCUT2D eigenvalue weighted by atomic mass is 9.91. The molecule has 19 heavy (non-hydrogen) atoms. The highest BCUT2D eigenvalue weighted by atomic mass is 14.9. The fourth-order valence-electron chi connectivity index (χ4n) is 2.81. The quantitative estimate of drug-likeness (QED) is 0.869. The van der Waals surface area contributed by atoms with E-state index < -0.39 is 0 Å². The van der Waals surface area contributed by atoms with Crippen LogP contribution in [-0.4, -0.2) is 11.5 Å². The minimum Gasteiger partial charge on any atom is -0.309 e. The number of nitrogens with one attached hydrogen (secondary N) is 1. The summed E-state index contributed by atoms with van der Waals surface area (Å²) < 4.78 is 0. The number of fused-ring (bicyclic) bond motifs is 1. The van der Waals surface area contributed by atoms with Crippen molar-refractivity contribution in [2.45, 2.75) is 39.2 Å². The lowest BCUT2D eigenvalue weighted by Gasteiger charge is -2.25. The van der Waals surface area contributed by atoms with Gasteiger partial charge in [-0.2, -0.15) is 0 Å². The number of hydrogen-bond donors (Lipinski definition) is 1. The maximum Gasteiger partial charge on any atom is 0.0702 e. The normalized spacial score (nSPS) is 18.4. The summed E-state index contributed by atoms with van der Waals surface area (Å²) in [7, 11) is 0. The topological polar surface area (TPSA) is 24.9 Å². The van der Waals surface area contributed by atoms with Gasteiger partial charge in [0.25, 0.3) is 0 Å². The molecule has 0 saturated heterocycles. The zero-order valence-corrected chi connectivity index (χ0v) is 11.8. The number of aromatic nitrogens is 1. The van der Waals surface area contributed by atoms with Crippen LogP contribution in [0, 0.1) is 5.41 Å². The lowest BCUT2D eigenvalue weighted by Crippen LogP contribution is -2.28. The van der Waals surface area contributed by atoms with Gasteiger partial charge in [0, 0.05) is 17.6 Å². The van der Waals surface area contributed by atoms with Gasteiger partial charge >= 0.3 is 0 Å². The third kappa shape index (κ3) is 2.50. The molecule has 0 bridgehead atoms. The molecule has 0 aliphatic heterocycles. The molecule has 1 atom stereocenters. The number of rotatable bonds is 5. The van der Waals surface area contributed by atoms with E-state index in [0.29, 0.717) is 11.5 Å². The molecule has 1 unspecified atom stereocenters. The Labute approximate surface area is 115 Å². The van der Waals surface area contributed by atoms with Crippen LogP contribution in [0.1, 0.15) is 44.7 Å². The summed E-state index contributed by atoms with van der Waals surface area (Å²) in [5.74, 6) is 0. The first kappa shape index (κ1) is 12.6. The summed E-state index contributed by atoms with van der Waals surface area (Å²) in [4.78, 5) is 4.40. The van der Waals surface area contributed by atoms with E-state index in [0.717, 1.165) is 12.1 Å². The second-order valence-corrected chi connectivity index (χ2v) is 6.00. The van der Waals surface area contributed by atoms with Gasteiger partial charge in [0.05, 0.1) is 5.52 Å². The van der Waals surface area contributed by atoms with Crippen LogP contribution >= 0.6 is 0 Å². The molecule has 1 aliphatic rings. The molecule has 0 radical (unpaired) electrons. The van der Waals surface area contributed by atoms with Crippen molar-refractivity contribution in [3.63, 3.8) is 0 Å². The first-order chi connectivity index (χ1) is 9.23. The van der Waals surface area contributed by atoms with Crippen molar-refractivity contribution in [3.05, 3.63) is 42.1 Å². The van der Waals surface area contributed by atoms with Crippen LogP contribution in [0.4, 0.5) is 0 Å². The third-order valence-electron chi connectivity index (χ3n) is 4.29. The summed E-state index contributed by atoms with van der Waals surface area (Å²) in [6.07, 6.45) is 5.71. The van der Waals surface area contributed by atoms with Crippen molar-refractivity contribution in [3.8, 4) is 0 Å². The molecule has 3 rings (SSSR count). The second-order valence-electron chi connectivity index (χ2n) is 6.00. The van der Waals surface area contributed by atoms with E-state index in [1.807, 2.05) is 12.3 Å². The Hall–Kier alpha value is -1.41. The van der Waals surface area contributed by atoms with Crippen molar-refractivity contribution in [2.75, 3.05) is 6.54 Å². The maximum absolute atomic E-state index is 4.40. The Kier molecular flexibility index (Phi) is 3.28. The van der Waals surface area contributed by atoms with Gasteiger partial charge in [0.2, 0.25) is 0 Å². The zero-order valence-electron chi connectivity index (χ0n) is 11.8.